The van der Waals surface area contributed by atoms with Crippen molar-refractivity contribution in [2.24, 2.45) is 0 Å². The van der Waals surface area contributed by atoms with E-state index in [0.717, 1.165) is 18.8 Å². The van der Waals surface area contributed by atoms with E-state index in [2.05, 4.69) is 28.3 Å². The van der Waals surface area contributed by atoms with Crippen molar-refractivity contribution in [2.75, 3.05) is 47.0 Å². The molecule has 0 atom stereocenters. The fourth-order valence-corrected chi connectivity index (χ4v) is 6.27. The monoisotopic (exact) mass is 459 g/mol. The van der Waals surface area contributed by atoms with Crippen LogP contribution in [0.3, 0.4) is 0 Å². The van der Waals surface area contributed by atoms with Gasteiger partial charge in [0.2, 0.25) is 0 Å². The highest BCUT2D eigenvalue weighted by atomic mass is 28.3. The SMILES string of the molecule is C[Si-]1(C)CCN(c2cc(N)ccc2C(=O)Nc2cccc(N3CCC(F)(F)CC3)n2)CC1. The Morgan fingerprint density at radius 1 is 1.06 bits per heavy atom. The largest absolute Gasteiger partial charge is 0.399 e. The molecule has 6 nitrogen and oxygen atoms in total. The van der Waals surface area contributed by atoms with Gasteiger partial charge in [0.05, 0.1) is 11.3 Å². The molecule has 3 heterocycles. The van der Waals surface area contributed by atoms with Gasteiger partial charge in [-0.15, -0.1) is 20.2 Å². The smallest absolute Gasteiger partial charge is 0.258 e. The summed E-state index contributed by atoms with van der Waals surface area (Å²) >= 11 is 0. The van der Waals surface area contributed by atoms with Crippen molar-refractivity contribution in [3.63, 3.8) is 0 Å². The van der Waals surface area contributed by atoms with Crippen LogP contribution >= 0.6 is 0 Å². The van der Waals surface area contributed by atoms with Gasteiger partial charge in [0.25, 0.3) is 11.8 Å². The minimum Gasteiger partial charge on any atom is -0.399 e. The molecule has 2 fully saturated rings. The van der Waals surface area contributed by atoms with Crippen LogP contribution in [-0.2, 0) is 0 Å². The number of hydrogen-bond donors (Lipinski definition) is 2. The lowest BCUT2D eigenvalue weighted by Crippen LogP contribution is -2.43. The van der Waals surface area contributed by atoms with E-state index in [0.29, 0.717) is 22.9 Å². The molecule has 0 unspecified atom stereocenters. The number of amides is 1. The summed E-state index contributed by atoms with van der Waals surface area (Å²) in [5, 5.41) is 2.89. The molecule has 32 heavy (non-hydrogen) atoms. The normalized spacial score (nSPS) is 20.1. The van der Waals surface area contributed by atoms with Crippen LogP contribution in [0.2, 0.25) is 25.2 Å². The van der Waals surface area contributed by atoms with Crippen LogP contribution in [0.5, 0.6) is 0 Å². The molecule has 0 spiro atoms. The molecule has 2 aliphatic rings. The van der Waals surface area contributed by atoms with E-state index in [1.165, 1.54) is 12.1 Å². The highest BCUT2D eigenvalue weighted by Crippen LogP contribution is 2.32. The van der Waals surface area contributed by atoms with Gasteiger partial charge in [-0.2, -0.15) is 13.1 Å². The maximum absolute atomic E-state index is 13.5. The van der Waals surface area contributed by atoms with Gasteiger partial charge >= 0.3 is 0 Å². The Labute approximate surface area is 188 Å². The standard InChI is InChI=1S/C23H31F2N5OSi/c1-32(2)14-12-29(13-15-32)19-16-17(26)6-7-18(19)22(31)28-20-4-3-5-21(27-20)30-10-8-23(24,25)9-11-30/h3-7,16H,8-15,26H2,1-2H3,(H,27,28,31)/q-1. The summed E-state index contributed by atoms with van der Waals surface area (Å²) in [5.41, 5.74) is 8.08. The number of halogens is 2. The first kappa shape index (κ1) is 22.5. The highest BCUT2D eigenvalue weighted by Gasteiger charge is 2.34. The Morgan fingerprint density at radius 3 is 2.44 bits per heavy atom. The number of nitrogens with one attached hydrogen (secondary N) is 1. The number of carbonyl (C=O) groups excluding carboxylic acids is 1. The van der Waals surface area contributed by atoms with Crippen LogP contribution in [0.1, 0.15) is 23.2 Å². The van der Waals surface area contributed by atoms with Gasteiger partial charge in [0.1, 0.15) is 11.6 Å². The predicted molar refractivity (Wildman–Crippen MR) is 129 cm³/mol. The summed E-state index contributed by atoms with van der Waals surface area (Å²) in [6.45, 7) is 7.15. The fourth-order valence-electron chi connectivity index (χ4n) is 4.27. The van der Waals surface area contributed by atoms with Crippen LogP contribution in [0.4, 0.5) is 31.8 Å². The molecule has 2 aliphatic heterocycles. The number of piperidine rings is 1. The van der Waals surface area contributed by atoms with E-state index in [1.807, 2.05) is 11.0 Å². The van der Waals surface area contributed by atoms with E-state index in [4.69, 9.17) is 5.73 Å². The van der Waals surface area contributed by atoms with E-state index in [9.17, 15) is 13.6 Å². The third kappa shape index (κ3) is 5.20. The third-order valence-corrected chi connectivity index (χ3v) is 9.67. The first-order valence-electron chi connectivity index (χ1n) is 11.2. The number of hydrogen-bond acceptors (Lipinski definition) is 5. The van der Waals surface area contributed by atoms with Crippen molar-refractivity contribution in [1.29, 1.82) is 0 Å². The number of rotatable bonds is 4. The highest BCUT2D eigenvalue weighted by molar-refractivity contribution is 6.77. The molecule has 173 valence electrons. The maximum atomic E-state index is 13.5. The molecule has 0 aliphatic carbocycles. The quantitative estimate of drug-likeness (QED) is 0.513. The summed E-state index contributed by atoms with van der Waals surface area (Å²) in [6.07, 6.45) is -0.370. The Bertz CT molecular complexity index is 980. The summed E-state index contributed by atoms with van der Waals surface area (Å²) < 4.78 is 27.0. The number of benzene rings is 1. The first-order chi connectivity index (χ1) is 15.1. The number of nitrogens with two attached hydrogens (primary N) is 1. The molecular formula is C23H31F2N5OSi-. The molecule has 4 rings (SSSR count). The van der Waals surface area contributed by atoms with Crippen molar-refractivity contribution in [2.45, 2.75) is 43.9 Å². The van der Waals surface area contributed by atoms with E-state index in [1.54, 1.807) is 30.3 Å². The molecule has 9 heteroatoms. The molecule has 2 saturated heterocycles. The van der Waals surface area contributed by atoms with Crippen LogP contribution < -0.4 is 20.9 Å². The second-order valence-corrected chi connectivity index (χ2v) is 14.9. The number of anilines is 4. The summed E-state index contributed by atoms with van der Waals surface area (Å²) in [5.74, 6) is -1.87. The Morgan fingerprint density at radius 2 is 1.75 bits per heavy atom. The van der Waals surface area contributed by atoms with Gasteiger partial charge in [0.15, 0.2) is 0 Å². The average Bonchev–Trinajstić information content (AvgIpc) is 2.74. The number of alkyl halides is 2. The second kappa shape index (κ2) is 8.69. The van der Waals surface area contributed by atoms with E-state index in [-0.39, 0.29) is 31.8 Å². The maximum Gasteiger partial charge on any atom is 0.258 e. The fraction of sp³-hybridized carbons (Fsp3) is 0.478. The average molecular weight is 460 g/mol. The Hall–Kier alpha value is -2.68. The lowest BCUT2D eigenvalue weighted by molar-refractivity contribution is -0.0221. The third-order valence-electron chi connectivity index (χ3n) is 6.52. The van der Waals surface area contributed by atoms with Crippen molar-refractivity contribution in [3.8, 4) is 0 Å². The lowest BCUT2D eigenvalue weighted by Gasteiger charge is -2.45. The zero-order valence-corrected chi connectivity index (χ0v) is 19.7. The van der Waals surface area contributed by atoms with Crippen molar-refractivity contribution >= 4 is 37.0 Å². The van der Waals surface area contributed by atoms with Gasteiger partial charge in [-0.25, -0.2) is 13.8 Å². The van der Waals surface area contributed by atoms with Gasteiger partial charge in [-0.3, -0.25) is 4.79 Å². The first-order valence-corrected chi connectivity index (χ1v) is 14.6. The molecule has 0 bridgehead atoms. The summed E-state index contributed by atoms with van der Waals surface area (Å²) in [4.78, 5) is 21.8. The minimum atomic E-state index is -2.61. The van der Waals surface area contributed by atoms with E-state index >= 15 is 0 Å². The molecule has 0 radical (unpaired) electrons. The van der Waals surface area contributed by atoms with Crippen LogP contribution in [0.15, 0.2) is 36.4 Å². The van der Waals surface area contributed by atoms with Gasteiger partial charge in [-0.1, -0.05) is 6.07 Å². The number of nitrogen functional groups attached to an aromatic ring is 1. The zero-order chi connectivity index (χ0) is 22.9. The number of pyridine rings is 1. The van der Waals surface area contributed by atoms with Crippen LogP contribution in [0, 0.1) is 0 Å². The summed E-state index contributed by atoms with van der Waals surface area (Å²) in [6, 6.07) is 13.0. The Kier molecular flexibility index (Phi) is 6.11. The topological polar surface area (TPSA) is 74.5 Å². The Balaban J connectivity index is 1.50. The van der Waals surface area contributed by atoms with E-state index < -0.39 is 14.0 Å². The molecule has 2 aromatic rings. The molecule has 0 saturated carbocycles. The summed E-state index contributed by atoms with van der Waals surface area (Å²) in [7, 11) is -1.15. The molecule has 1 aromatic heterocycles. The molecule has 1 aromatic carbocycles. The van der Waals surface area contributed by atoms with Crippen molar-refractivity contribution < 1.29 is 13.6 Å². The molecule has 1 amide bonds. The van der Waals surface area contributed by atoms with Crippen molar-refractivity contribution in [3.05, 3.63) is 42.0 Å². The van der Waals surface area contributed by atoms with Crippen LogP contribution in [-0.4, -0.2) is 51.1 Å². The number of carbonyl (C=O) groups is 1. The van der Waals surface area contributed by atoms with Crippen LogP contribution in [0.25, 0.3) is 0 Å². The van der Waals surface area contributed by atoms with Gasteiger partial charge in [0, 0.05) is 31.6 Å². The number of nitrogens with zero attached hydrogens (tertiary/aromatic N) is 3. The second-order valence-electron chi connectivity index (χ2n) is 9.61. The number of aromatic nitrogens is 1. The van der Waals surface area contributed by atoms with Gasteiger partial charge < -0.3 is 20.9 Å². The predicted octanol–water partition coefficient (Wildman–Crippen LogP) is 4.68. The molecular weight excluding hydrogens is 428 g/mol. The van der Waals surface area contributed by atoms with Gasteiger partial charge in [-0.05, 0) is 43.4 Å². The lowest BCUT2D eigenvalue weighted by atomic mass is 10.1. The molecule has 3 N–H and O–H groups in total. The zero-order valence-electron chi connectivity index (χ0n) is 18.7. The van der Waals surface area contributed by atoms with Crippen molar-refractivity contribution in [1.82, 2.24) is 4.98 Å². The minimum absolute atomic E-state index is 0.185.